The van der Waals surface area contributed by atoms with E-state index in [9.17, 15) is 0 Å². The van der Waals surface area contributed by atoms with Crippen molar-refractivity contribution in [2.45, 2.75) is 77.4 Å². The molecule has 0 aromatic carbocycles. The number of anilines is 1. The largest absolute Gasteiger partial charge is 0.345 e. The number of thiazole rings is 1. The van der Waals surface area contributed by atoms with Crippen molar-refractivity contribution in [1.82, 2.24) is 10.3 Å². The molecule has 0 radical (unpaired) electrons. The van der Waals surface area contributed by atoms with Gasteiger partial charge in [0, 0.05) is 35.5 Å². The second-order valence-electron chi connectivity index (χ2n) is 7.19. The third-order valence-corrected chi connectivity index (χ3v) is 5.19. The van der Waals surface area contributed by atoms with Crippen molar-refractivity contribution in [3.63, 3.8) is 0 Å². The molecule has 0 saturated heterocycles. The molecule has 0 bridgehead atoms. The minimum atomic E-state index is 0.137. The molecule has 0 atom stereocenters. The lowest BCUT2D eigenvalue weighted by Crippen LogP contribution is -2.25. The van der Waals surface area contributed by atoms with Crippen LogP contribution >= 0.6 is 11.3 Å². The Morgan fingerprint density at radius 3 is 2.45 bits per heavy atom. The summed E-state index contributed by atoms with van der Waals surface area (Å²) < 4.78 is 0. The van der Waals surface area contributed by atoms with Gasteiger partial charge in [-0.3, -0.25) is 0 Å². The van der Waals surface area contributed by atoms with Gasteiger partial charge in [-0.05, 0) is 32.6 Å². The molecule has 0 unspecified atom stereocenters. The number of nitrogens with one attached hydrogen (secondary N) is 1. The fraction of sp³-hybridized carbons (Fsp3) is 0.812. The summed E-state index contributed by atoms with van der Waals surface area (Å²) in [5.74, 6) is 0. The van der Waals surface area contributed by atoms with Crippen molar-refractivity contribution in [3.05, 3.63) is 10.6 Å². The summed E-state index contributed by atoms with van der Waals surface area (Å²) in [5.41, 5.74) is 1.43. The highest BCUT2D eigenvalue weighted by Crippen LogP contribution is 2.38. The van der Waals surface area contributed by atoms with Crippen LogP contribution < -0.4 is 10.2 Å². The van der Waals surface area contributed by atoms with E-state index in [-0.39, 0.29) is 5.41 Å². The Bertz CT molecular complexity index is 467. The van der Waals surface area contributed by atoms with Crippen molar-refractivity contribution in [2.75, 3.05) is 11.4 Å². The average Bonchev–Trinajstić information content (AvgIpc) is 3.26. The van der Waals surface area contributed by atoms with Crippen molar-refractivity contribution < 1.29 is 0 Å². The molecule has 0 aliphatic heterocycles. The van der Waals surface area contributed by atoms with Crippen LogP contribution in [0.25, 0.3) is 0 Å². The van der Waals surface area contributed by atoms with Crippen molar-refractivity contribution in [3.8, 4) is 0 Å². The first kappa shape index (κ1) is 14.3. The maximum absolute atomic E-state index is 5.02. The maximum Gasteiger partial charge on any atom is 0.186 e. The van der Waals surface area contributed by atoms with E-state index in [1.165, 1.54) is 41.4 Å². The zero-order chi connectivity index (χ0) is 14.3. The van der Waals surface area contributed by atoms with Gasteiger partial charge in [0.1, 0.15) is 0 Å². The first-order valence-corrected chi connectivity index (χ1v) is 8.81. The van der Waals surface area contributed by atoms with E-state index < -0.39 is 0 Å². The topological polar surface area (TPSA) is 28.2 Å². The highest BCUT2D eigenvalue weighted by molar-refractivity contribution is 7.15. The Morgan fingerprint density at radius 1 is 1.25 bits per heavy atom. The van der Waals surface area contributed by atoms with E-state index in [0.29, 0.717) is 0 Å². The van der Waals surface area contributed by atoms with Gasteiger partial charge in [-0.2, -0.15) is 0 Å². The van der Waals surface area contributed by atoms with Crippen molar-refractivity contribution in [1.29, 1.82) is 0 Å². The van der Waals surface area contributed by atoms with Gasteiger partial charge in [0.25, 0.3) is 0 Å². The molecule has 20 heavy (non-hydrogen) atoms. The number of nitrogens with zero attached hydrogens (tertiary/aromatic N) is 2. The number of hydrogen-bond acceptors (Lipinski definition) is 4. The molecule has 2 aliphatic rings. The predicted molar refractivity (Wildman–Crippen MR) is 86.7 cm³/mol. The van der Waals surface area contributed by atoms with E-state index in [0.717, 1.165) is 25.2 Å². The Morgan fingerprint density at radius 2 is 1.95 bits per heavy atom. The zero-order valence-corrected chi connectivity index (χ0v) is 14.0. The SMILES string of the molecule is CCN(c1nc(C(C)(C)C)c(CNC2CC2)s1)C1CC1. The summed E-state index contributed by atoms with van der Waals surface area (Å²) in [6.45, 7) is 11.2. The van der Waals surface area contributed by atoms with Gasteiger partial charge < -0.3 is 10.2 Å². The van der Waals surface area contributed by atoms with Crippen LogP contribution in [-0.4, -0.2) is 23.6 Å². The molecule has 4 heteroatoms. The monoisotopic (exact) mass is 293 g/mol. The molecule has 2 aliphatic carbocycles. The van der Waals surface area contributed by atoms with Crippen LogP contribution in [0.2, 0.25) is 0 Å². The minimum absolute atomic E-state index is 0.137. The van der Waals surface area contributed by atoms with Gasteiger partial charge in [0.05, 0.1) is 5.69 Å². The summed E-state index contributed by atoms with van der Waals surface area (Å²) in [6, 6.07) is 1.52. The fourth-order valence-corrected chi connectivity index (χ4v) is 3.99. The summed E-state index contributed by atoms with van der Waals surface area (Å²) >= 11 is 1.91. The highest BCUT2D eigenvalue weighted by Gasteiger charge is 2.32. The number of aromatic nitrogens is 1. The third-order valence-electron chi connectivity index (χ3n) is 4.10. The molecule has 3 nitrogen and oxygen atoms in total. The lowest BCUT2D eigenvalue weighted by Gasteiger charge is -2.20. The molecule has 1 heterocycles. The summed E-state index contributed by atoms with van der Waals surface area (Å²) in [7, 11) is 0. The molecule has 2 fully saturated rings. The fourth-order valence-electron chi connectivity index (χ4n) is 2.63. The minimum Gasteiger partial charge on any atom is -0.345 e. The van der Waals surface area contributed by atoms with Crippen molar-refractivity contribution >= 4 is 16.5 Å². The van der Waals surface area contributed by atoms with Gasteiger partial charge >= 0.3 is 0 Å². The van der Waals surface area contributed by atoms with E-state index >= 15 is 0 Å². The normalized spacial score (nSPS) is 19.4. The molecule has 0 amide bonds. The maximum atomic E-state index is 5.02. The van der Waals surface area contributed by atoms with Crippen LogP contribution in [0.4, 0.5) is 5.13 Å². The van der Waals surface area contributed by atoms with Crippen LogP contribution in [0.1, 0.15) is 63.9 Å². The van der Waals surface area contributed by atoms with Gasteiger partial charge in [0.15, 0.2) is 5.13 Å². The van der Waals surface area contributed by atoms with Crippen LogP contribution in [0.15, 0.2) is 0 Å². The number of hydrogen-bond donors (Lipinski definition) is 1. The van der Waals surface area contributed by atoms with Crippen molar-refractivity contribution in [2.24, 2.45) is 0 Å². The Hall–Kier alpha value is -0.610. The van der Waals surface area contributed by atoms with Crippen LogP contribution in [0, 0.1) is 0 Å². The molecule has 2 saturated carbocycles. The molecule has 1 N–H and O–H groups in total. The van der Waals surface area contributed by atoms with Gasteiger partial charge in [-0.25, -0.2) is 4.98 Å². The van der Waals surface area contributed by atoms with Gasteiger partial charge in [-0.1, -0.05) is 20.8 Å². The Balaban J connectivity index is 1.83. The van der Waals surface area contributed by atoms with Gasteiger partial charge in [0.2, 0.25) is 0 Å². The van der Waals surface area contributed by atoms with E-state index in [1.54, 1.807) is 0 Å². The zero-order valence-electron chi connectivity index (χ0n) is 13.2. The molecule has 0 spiro atoms. The highest BCUT2D eigenvalue weighted by atomic mass is 32.1. The summed E-state index contributed by atoms with van der Waals surface area (Å²) in [6.07, 6.45) is 5.38. The van der Waals surface area contributed by atoms with Gasteiger partial charge in [-0.15, -0.1) is 11.3 Å². The smallest absolute Gasteiger partial charge is 0.186 e. The average molecular weight is 293 g/mol. The lowest BCUT2D eigenvalue weighted by atomic mass is 9.91. The Labute approximate surface area is 126 Å². The van der Waals surface area contributed by atoms with Crippen LogP contribution in [-0.2, 0) is 12.0 Å². The molecule has 112 valence electrons. The van der Waals surface area contributed by atoms with E-state index in [2.05, 4.69) is 37.9 Å². The molecule has 3 rings (SSSR count). The predicted octanol–water partition coefficient (Wildman–Crippen LogP) is 3.68. The second kappa shape index (κ2) is 5.30. The molecular weight excluding hydrogens is 266 g/mol. The first-order valence-electron chi connectivity index (χ1n) is 7.99. The number of rotatable bonds is 6. The summed E-state index contributed by atoms with van der Waals surface area (Å²) in [4.78, 5) is 8.96. The standard InChI is InChI=1S/C16H27N3S/c1-5-19(12-8-9-12)15-18-14(16(2,3)4)13(20-15)10-17-11-6-7-11/h11-12,17H,5-10H2,1-4H3. The van der Waals surface area contributed by atoms with Crippen LogP contribution in [0.5, 0.6) is 0 Å². The lowest BCUT2D eigenvalue weighted by molar-refractivity contribution is 0.558. The molecule has 1 aromatic heterocycles. The molecule has 1 aromatic rings. The third kappa shape index (κ3) is 3.17. The molecular formula is C16H27N3S. The first-order chi connectivity index (χ1) is 9.49. The quantitative estimate of drug-likeness (QED) is 0.867. The van der Waals surface area contributed by atoms with E-state index in [1.807, 2.05) is 11.3 Å². The Kier molecular flexibility index (Phi) is 3.80. The summed E-state index contributed by atoms with van der Waals surface area (Å²) in [5, 5.41) is 4.90. The second-order valence-corrected chi connectivity index (χ2v) is 8.25. The van der Waals surface area contributed by atoms with Crippen LogP contribution in [0.3, 0.4) is 0 Å². The van der Waals surface area contributed by atoms with E-state index in [4.69, 9.17) is 4.98 Å².